The minimum atomic E-state index is 0.946. The summed E-state index contributed by atoms with van der Waals surface area (Å²) in [6.07, 6.45) is 27.7. The lowest BCUT2D eigenvalue weighted by Gasteiger charge is -2.16. The SMILES string of the molecule is CCCCC#CCCCCCCC(CC)CCCC(C)CCCCCCCC. The molecule has 2 atom stereocenters. The topological polar surface area (TPSA) is 0 Å². The van der Waals surface area contributed by atoms with Gasteiger partial charge in [0.15, 0.2) is 0 Å². The first kappa shape index (κ1) is 27.6. The lowest BCUT2D eigenvalue weighted by molar-refractivity contribution is 0.367. The molecule has 0 amide bonds. The van der Waals surface area contributed by atoms with Crippen molar-refractivity contribution in [1.29, 1.82) is 0 Å². The Bertz CT molecular complexity index is 345. The molecule has 166 valence electrons. The molecule has 2 unspecified atom stereocenters. The molecular formula is C28H54. The molecule has 0 heterocycles. The lowest BCUT2D eigenvalue weighted by atomic mass is 9.90. The fourth-order valence-corrected chi connectivity index (χ4v) is 4.17. The molecule has 0 saturated heterocycles. The normalized spacial score (nSPS) is 13.1. The van der Waals surface area contributed by atoms with Gasteiger partial charge in [-0.1, -0.05) is 130 Å². The maximum absolute atomic E-state index is 3.35. The van der Waals surface area contributed by atoms with Gasteiger partial charge in [-0.15, -0.1) is 11.8 Å². The molecular weight excluding hydrogens is 336 g/mol. The van der Waals surface area contributed by atoms with Crippen molar-refractivity contribution < 1.29 is 0 Å². The highest BCUT2D eigenvalue weighted by atomic mass is 14.1. The van der Waals surface area contributed by atoms with E-state index in [-0.39, 0.29) is 0 Å². The van der Waals surface area contributed by atoms with Crippen LogP contribution in [0.5, 0.6) is 0 Å². The minimum Gasteiger partial charge on any atom is -0.103 e. The van der Waals surface area contributed by atoms with Gasteiger partial charge in [0.2, 0.25) is 0 Å². The molecule has 0 fully saturated rings. The fourth-order valence-electron chi connectivity index (χ4n) is 4.17. The van der Waals surface area contributed by atoms with Crippen LogP contribution in [0.2, 0.25) is 0 Å². The van der Waals surface area contributed by atoms with Crippen molar-refractivity contribution in [3.63, 3.8) is 0 Å². The van der Waals surface area contributed by atoms with E-state index in [2.05, 4.69) is 39.5 Å². The monoisotopic (exact) mass is 390 g/mol. The molecule has 0 heteroatoms. The van der Waals surface area contributed by atoms with Crippen LogP contribution in [0.25, 0.3) is 0 Å². The number of unbranched alkanes of at least 4 members (excludes halogenated alkanes) is 11. The number of hydrogen-bond acceptors (Lipinski definition) is 0. The fraction of sp³-hybridized carbons (Fsp3) is 0.929. The van der Waals surface area contributed by atoms with Gasteiger partial charge in [-0.3, -0.25) is 0 Å². The molecule has 0 saturated carbocycles. The van der Waals surface area contributed by atoms with Crippen molar-refractivity contribution in [3.8, 4) is 11.8 Å². The Kier molecular flexibility index (Phi) is 22.5. The first-order chi connectivity index (χ1) is 13.7. The van der Waals surface area contributed by atoms with Crippen molar-refractivity contribution in [2.75, 3.05) is 0 Å². The molecule has 0 aliphatic heterocycles. The summed E-state index contributed by atoms with van der Waals surface area (Å²) >= 11 is 0. The molecule has 0 spiro atoms. The van der Waals surface area contributed by atoms with Crippen LogP contribution < -0.4 is 0 Å². The zero-order valence-corrected chi connectivity index (χ0v) is 20.3. The molecule has 0 rings (SSSR count). The van der Waals surface area contributed by atoms with Gasteiger partial charge >= 0.3 is 0 Å². The highest BCUT2D eigenvalue weighted by molar-refractivity contribution is 4.98. The summed E-state index contributed by atoms with van der Waals surface area (Å²) in [7, 11) is 0. The van der Waals surface area contributed by atoms with Crippen LogP contribution in [0.4, 0.5) is 0 Å². The molecule has 0 radical (unpaired) electrons. The van der Waals surface area contributed by atoms with Gasteiger partial charge in [0.1, 0.15) is 0 Å². The van der Waals surface area contributed by atoms with Crippen LogP contribution in [0.1, 0.15) is 156 Å². The van der Waals surface area contributed by atoms with Crippen molar-refractivity contribution in [2.45, 2.75) is 156 Å². The lowest BCUT2D eigenvalue weighted by Crippen LogP contribution is -2.02. The van der Waals surface area contributed by atoms with E-state index in [1.807, 2.05) is 0 Å². The van der Waals surface area contributed by atoms with Crippen LogP contribution in [0.15, 0.2) is 0 Å². The van der Waals surface area contributed by atoms with Crippen LogP contribution in [0.3, 0.4) is 0 Å². The third-order valence-electron chi connectivity index (χ3n) is 6.38. The van der Waals surface area contributed by atoms with Crippen LogP contribution in [0, 0.1) is 23.7 Å². The summed E-state index contributed by atoms with van der Waals surface area (Å²) in [5.74, 6) is 8.59. The second-order valence-corrected chi connectivity index (χ2v) is 9.28. The van der Waals surface area contributed by atoms with E-state index in [0.29, 0.717) is 0 Å². The second kappa shape index (κ2) is 22.8. The molecule has 0 aromatic carbocycles. The summed E-state index contributed by atoms with van der Waals surface area (Å²) in [6, 6.07) is 0. The molecule has 0 aromatic rings. The number of rotatable bonds is 20. The van der Waals surface area contributed by atoms with Gasteiger partial charge in [-0.25, -0.2) is 0 Å². The van der Waals surface area contributed by atoms with Gasteiger partial charge in [0.25, 0.3) is 0 Å². The van der Waals surface area contributed by atoms with Gasteiger partial charge < -0.3 is 0 Å². The Balaban J connectivity index is 3.51. The van der Waals surface area contributed by atoms with Gasteiger partial charge in [-0.05, 0) is 24.7 Å². The summed E-state index contributed by atoms with van der Waals surface area (Å²) in [4.78, 5) is 0. The van der Waals surface area contributed by atoms with Gasteiger partial charge in [0, 0.05) is 12.8 Å². The van der Waals surface area contributed by atoms with Crippen LogP contribution in [-0.2, 0) is 0 Å². The first-order valence-electron chi connectivity index (χ1n) is 13.2. The highest BCUT2D eigenvalue weighted by Crippen LogP contribution is 2.23. The van der Waals surface area contributed by atoms with E-state index in [9.17, 15) is 0 Å². The third kappa shape index (κ3) is 20.3. The summed E-state index contributed by atoms with van der Waals surface area (Å²) < 4.78 is 0. The largest absolute Gasteiger partial charge is 0.103 e. The Morgan fingerprint density at radius 3 is 1.68 bits per heavy atom. The highest BCUT2D eigenvalue weighted by Gasteiger charge is 2.08. The zero-order valence-electron chi connectivity index (χ0n) is 20.3. The smallest absolute Gasteiger partial charge is 0.00886 e. The summed E-state index contributed by atoms with van der Waals surface area (Å²) in [6.45, 7) is 9.42. The van der Waals surface area contributed by atoms with Crippen molar-refractivity contribution in [1.82, 2.24) is 0 Å². The molecule has 28 heavy (non-hydrogen) atoms. The third-order valence-corrected chi connectivity index (χ3v) is 6.38. The Labute approximate surface area is 180 Å². The van der Waals surface area contributed by atoms with Crippen molar-refractivity contribution in [3.05, 3.63) is 0 Å². The van der Waals surface area contributed by atoms with Gasteiger partial charge in [0.05, 0.1) is 0 Å². The summed E-state index contributed by atoms with van der Waals surface area (Å²) in [5.41, 5.74) is 0. The van der Waals surface area contributed by atoms with Crippen LogP contribution >= 0.6 is 0 Å². The van der Waals surface area contributed by atoms with Crippen LogP contribution in [-0.4, -0.2) is 0 Å². The minimum absolute atomic E-state index is 0.946. The molecule has 0 aliphatic rings. The quantitative estimate of drug-likeness (QED) is 0.143. The average molecular weight is 391 g/mol. The standard InChI is InChI=1S/C28H54/c1-5-8-10-12-14-15-16-17-19-21-25-28(7-3)26-22-24-27(4)23-20-18-13-11-9-6-2/h27-28H,5-11,13,15-26H2,1-4H3. The maximum Gasteiger partial charge on any atom is 0.00886 e. The van der Waals surface area contributed by atoms with E-state index < -0.39 is 0 Å². The molecule has 0 bridgehead atoms. The molecule has 0 nitrogen and oxygen atoms in total. The second-order valence-electron chi connectivity index (χ2n) is 9.28. The zero-order chi connectivity index (χ0) is 20.7. The van der Waals surface area contributed by atoms with Crippen molar-refractivity contribution in [2.24, 2.45) is 11.8 Å². The van der Waals surface area contributed by atoms with Crippen molar-refractivity contribution >= 4 is 0 Å². The molecule has 0 N–H and O–H groups in total. The van der Waals surface area contributed by atoms with Gasteiger partial charge in [-0.2, -0.15) is 0 Å². The first-order valence-corrected chi connectivity index (χ1v) is 13.2. The predicted molar refractivity (Wildman–Crippen MR) is 130 cm³/mol. The predicted octanol–water partition coefficient (Wildman–Crippen LogP) is 10.1. The van der Waals surface area contributed by atoms with E-state index in [1.165, 1.54) is 116 Å². The Morgan fingerprint density at radius 2 is 1.00 bits per heavy atom. The summed E-state index contributed by atoms with van der Waals surface area (Å²) in [5, 5.41) is 0. The number of hydrogen-bond donors (Lipinski definition) is 0. The van der Waals surface area contributed by atoms with E-state index in [4.69, 9.17) is 0 Å². The van der Waals surface area contributed by atoms with E-state index in [1.54, 1.807) is 0 Å². The Hall–Kier alpha value is -0.440. The van der Waals surface area contributed by atoms with E-state index in [0.717, 1.165) is 24.7 Å². The van der Waals surface area contributed by atoms with E-state index >= 15 is 0 Å². The Morgan fingerprint density at radius 1 is 0.500 bits per heavy atom. The average Bonchev–Trinajstić information content (AvgIpc) is 2.70. The molecule has 0 aromatic heterocycles. The molecule has 0 aliphatic carbocycles. The maximum atomic E-state index is 3.35.